The number of hydrogen-bond donors (Lipinski definition) is 0. The van der Waals surface area contributed by atoms with Gasteiger partial charge >= 0.3 is 0 Å². The van der Waals surface area contributed by atoms with Gasteiger partial charge in [0.25, 0.3) is 0 Å². The van der Waals surface area contributed by atoms with Crippen molar-refractivity contribution in [2.24, 2.45) is 0 Å². The molecule has 0 aliphatic carbocycles. The van der Waals surface area contributed by atoms with Gasteiger partial charge in [-0.1, -0.05) is 45.6 Å². The van der Waals surface area contributed by atoms with Crippen LogP contribution in [0.25, 0.3) is 0 Å². The zero-order valence-corrected chi connectivity index (χ0v) is 9.97. The van der Waals surface area contributed by atoms with E-state index in [0.29, 0.717) is 0 Å². The highest BCUT2D eigenvalue weighted by molar-refractivity contribution is 4.78. The second kappa shape index (κ2) is 10.8. The van der Waals surface area contributed by atoms with Crippen molar-refractivity contribution in [2.75, 3.05) is 13.1 Å². The molecule has 1 nitrogen and oxygen atoms in total. The maximum atomic E-state index is 3.80. The molecule has 0 saturated heterocycles. The summed E-state index contributed by atoms with van der Waals surface area (Å²) in [5.41, 5.74) is 0. The molecule has 0 spiro atoms. The lowest BCUT2D eigenvalue weighted by atomic mass is 10.2. The highest BCUT2D eigenvalue weighted by Crippen LogP contribution is 2.06. The van der Waals surface area contributed by atoms with Crippen molar-refractivity contribution in [3.63, 3.8) is 0 Å². The van der Waals surface area contributed by atoms with Crippen molar-refractivity contribution < 1.29 is 0 Å². The van der Waals surface area contributed by atoms with E-state index < -0.39 is 0 Å². The first kappa shape index (κ1) is 13.7. The average Bonchev–Trinajstić information content (AvgIpc) is 2.18. The Labute approximate surface area is 90.2 Å². The lowest BCUT2D eigenvalue weighted by Crippen LogP contribution is -2.22. The van der Waals surface area contributed by atoms with Crippen LogP contribution >= 0.6 is 0 Å². The zero-order valence-electron chi connectivity index (χ0n) is 9.97. The molecule has 1 heteroatoms. The molecule has 1 radical (unpaired) electrons. The van der Waals surface area contributed by atoms with E-state index in [1.165, 1.54) is 45.1 Å². The van der Waals surface area contributed by atoms with Crippen LogP contribution in [0.3, 0.4) is 0 Å². The molecule has 14 heavy (non-hydrogen) atoms. The molecule has 0 aromatic rings. The summed E-state index contributed by atoms with van der Waals surface area (Å²) in [6.07, 6.45) is 9.76. The minimum atomic E-state index is 1.01. The van der Waals surface area contributed by atoms with Crippen LogP contribution in [0.2, 0.25) is 0 Å². The fourth-order valence-corrected chi connectivity index (χ4v) is 1.47. The number of hydrogen-bond acceptors (Lipinski definition) is 1. The second-order valence-corrected chi connectivity index (χ2v) is 3.82. The Morgan fingerprint density at radius 2 is 1.79 bits per heavy atom. The van der Waals surface area contributed by atoms with Crippen LogP contribution in [0, 0.1) is 6.54 Å². The molecule has 0 amide bonds. The van der Waals surface area contributed by atoms with Gasteiger partial charge in [0.15, 0.2) is 0 Å². The first-order valence-electron chi connectivity index (χ1n) is 6.03. The Hall–Kier alpha value is -0.300. The van der Waals surface area contributed by atoms with E-state index in [9.17, 15) is 0 Å². The Morgan fingerprint density at radius 1 is 1.07 bits per heavy atom. The van der Waals surface area contributed by atoms with Gasteiger partial charge in [0, 0.05) is 13.1 Å². The predicted molar refractivity (Wildman–Crippen MR) is 65.1 cm³/mol. The van der Waals surface area contributed by atoms with Gasteiger partial charge in [-0.3, -0.25) is 4.90 Å². The van der Waals surface area contributed by atoms with Gasteiger partial charge in [0.2, 0.25) is 0 Å². The smallest absolute Gasteiger partial charge is 0.0255 e. The molecule has 0 aliphatic heterocycles. The summed E-state index contributed by atoms with van der Waals surface area (Å²) in [6, 6.07) is 0. The van der Waals surface area contributed by atoms with Crippen LogP contribution in [0.1, 0.15) is 52.4 Å². The zero-order chi connectivity index (χ0) is 10.6. The molecule has 0 rings (SSSR count). The molecule has 0 N–H and O–H groups in total. The minimum Gasteiger partial charge on any atom is -0.295 e. The molecule has 0 saturated carbocycles. The van der Waals surface area contributed by atoms with E-state index in [-0.39, 0.29) is 0 Å². The topological polar surface area (TPSA) is 3.24 Å². The number of nitrogens with zero attached hydrogens (tertiary/aromatic N) is 1. The lowest BCUT2D eigenvalue weighted by Gasteiger charge is -2.19. The second-order valence-electron chi connectivity index (χ2n) is 3.82. The van der Waals surface area contributed by atoms with Gasteiger partial charge in [0.1, 0.15) is 0 Å². The van der Waals surface area contributed by atoms with Gasteiger partial charge in [-0.25, -0.2) is 0 Å². The molecule has 0 aliphatic rings. The molecule has 0 aromatic heterocycles. The summed E-state index contributed by atoms with van der Waals surface area (Å²) in [5.74, 6) is 0. The van der Waals surface area contributed by atoms with E-state index in [1.807, 2.05) is 6.08 Å². The molecular formula is C13H26N. The van der Waals surface area contributed by atoms with Crippen LogP contribution in [0.4, 0.5) is 0 Å². The van der Waals surface area contributed by atoms with Gasteiger partial charge in [0.05, 0.1) is 0 Å². The summed E-state index contributed by atoms with van der Waals surface area (Å²) < 4.78 is 0. The van der Waals surface area contributed by atoms with Crippen LogP contribution in [-0.4, -0.2) is 18.0 Å². The summed E-state index contributed by atoms with van der Waals surface area (Å²) in [7, 11) is 0. The van der Waals surface area contributed by atoms with E-state index in [2.05, 4.69) is 31.9 Å². The van der Waals surface area contributed by atoms with Crippen LogP contribution in [-0.2, 0) is 0 Å². The van der Waals surface area contributed by atoms with Crippen molar-refractivity contribution in [2.45, 2.75) is 52.4 Å². The molecule has 0 fully saturated rings. The largest absolute Gasteiger partial charge is 0.295 e. The summed E-state index contributed by atoms with van der Waals surface area (Å²) >= 11 is 0. The normalized spacial score (nSPS) is 10.8. The average molecular weight is 196 g/mol. The van der Waals surface area contributed by atoms with Crippen molar-refractivity contribution in [3.05, 3.63) is 19.2 Å². The SMILES string of the molecule is C=CCN([CH]CCCC)CCCCC. The Morgan fingerprint density at radius 3 is 2.36 bits per heavy atom. The molecule has 0 unspecified atom stereocenters. The minimum absolute atomic E-state index is 1.01. The number of unbranched alkanes of at least 4 members (excludes halogenated alkanes) is 4. The molecule has 83 valence electrons. The van der Waals surface area contributed by atoms with Crippen molar-refractivity contribution in [3.8, 4) is 0 Å². The van der Waals surface area contributed by atoms with E-state index in [4.69, 9.17) is 0 Å². The van der Waals surface area contributed by atoms with E-state index in [0.717, 1.165) is 6.54 Å². The highest BCUT2D eigenvalue weighted by Gasteiger charge is 2.01. The lowest BCUT2D eigenvalue weighted by molar-refractivity contribution is 0.343. The maximum Gasteiger partial charge on any atom is 0.0255 e. The van der Waals surface area contributed by atoms with Crippen molar-refractivity contribution >= 4 is 0 Å². The Balaban J connectivity index is 3.49. The maximum absolute atomic E-state index is 3.80. The van der Waals surface area contributed by atoms with Crippen LogP contribution in [0.5, 0.6) is 0 Å². The number of rotatable bonds is 10. The van der Waals surface area contributed by atoms with Crippen molar-refractivity contribution in [1.29, 1.82) is 0 Å². The first-order chi connectivity index (χ1) is 6.85. The van der Waals surface area contributed by atoms with Gasteiger partial charge < -0.3 is 0 Å². The quantitative estimate of drug-likeness (QED) is 0.377. The molecule has 0 heterocycles. The summed E-state index contributed by atoms with van der Waals surface area (Å²) in [5, 5.41) is 0. The molecular weight excluding hydrogens is 170 g/mol. The third kappa shape index (κ3) is 8.31. The summed E-state index contributed by atoms with van der Waals surface area (Å²) in [6.45, 7) is 12.8. The monoisotopic (exact) mass is 196 g/mol. The fourth-order valence-electron chi connectivity index (χ4n) is 1.47. The molecule has 0 aromatic carbocycles. The van der Waals surface area contributed by atoms with Gasteiger partial charge in [-0.05, 0) is 19.4 Å². The standard InChI is InChI=1S/C13H26N/c1-4-7-9-12-14(11-6-3)13-10-8-5-2/h6,12H,3-5,7-11,13H2,1-2H3. The third-order valence-electron chi connectivity index (χ3n) is 2.36. The molecule has 0 bridgehead atoms. The van der Waals surface area contributed by atoms with Gasteiger partial charge in [-0.15, -0.1) is 6.58 Å². The van der Waals surface area contributed by atoms with Crippen LogP contribution in [0.15, 0.2) is 12.7 Å². The fraction of sp³-hybridized carbons (Fsp3) is 0.769. The van der Waals surface area contributed by atoms with Crippen molar-refractivity contribution in [1.82, 2.24) is 4.90 Å². The predicted octanol–water partition coefficient (Wildman–Crippen LogP) is 4.02. The molecule has 0 atom stereocenters. The van der Waals surface area contributed by atoms with E-state index >= 15 is 0 Å². The van der Waals surface area contributed by atoms with Gasteiger partial charge in [-0.2, -0.15) is 0 Å². The Kier molecular flexibility index (Phi) is 10.5. The van der Waals surface area contributed by atoms with E-state index in [1.54, 1.807) is 0 Å². The highest BCUT2D eigenvalue weighted by atomic mass is 15.1. The Bertz CT molecular complexity index is 110. The third-order valence-corrected chi connectivity index (χ3v) is 2.36. The summed E-state index contributed by atoms with van der Waals surface area (Å²) in [4.78, 5) is 2.40. The first-order valence-corrected chi connectivity index (χ1v) is 6.03. The van der Waals surface area contributed by atoms with Crippen LogP contribution < -0.4 is 0 Å².